The molecule has 0 aromatic heterocycles. The van der Waals surface area contributed by atoms with E-state index in [2.05, 4.69) is 77.1 Å². The Morgan fingerprint density at radius 2 is 1.59 bits per heavy atom. The van der Waals surface area contributed by atoms with Crippen molar-refractivity contribution in [2.45, 2.75) is 89.8 Å². The highest BCUT2D eigenvalue weighted by atomic mass is 16.7. The van der Waals surface area contributed by atoms with Gasteiger partial charge in [-0.3, -0.25) is 0 Å². The molecule has 2 aromatic rings. The molecule has 1 aliphatic heterocycles. The van der Waals surface area contributed by atoms with Crippen LogP contribution < -0.4 is 5.46 Å². The van der Waals surface area contributed by atoms with Crippen LogP contribution in [0.25, 0.3) is 11.1 Å². The van der Waals surface area contributed by atoms with Gasteiger partial charge in [0.05, 0.1) is 11.2 Å². The molecule has 4 unspecified atom stereocenters. The Kier molecular flexibility index (Phi) is 4.57. The third-order valence-electron chi connectivity index (χ3n) is 9.87. The molecule has 0 amide bonds. The summed E-state index contributed by atoms with van der Waals surface area (Å²) in [7, 11) is -0.302. The topological polar surface area (TPSA) is 18.5 Å². The van der Waals surface area contributed by atoms with Crippen LogP contribution in [0.15, 0.2) is 42.5 Å². The van der Waals surface area contributed by atoms with Crippen LogP contribution in [-0.4, -0.2) is 18.3 Å². The Labute approximate surface area is 194 Å². The van der Waals surface area contributed by atoms with Crippen LogP contribution in [0.3, 0.4) is 0 Å². The quantitative estimate of drug-likeness (QED) is 0.509. The fourth-order valence-corrected chi connectivity index (χ4v) is 7.43. The molecule has 1 spiro atoms. The van der Waals surface area contributed by atoms with Crippen LogP contribution in [0.5, 0.6) is 0 Å². The number of rotatable bonds is 2. The summed E-state index contributed by atoms with van der Waals surface area (Å²) in [5.74, 6) is 2.60. The molecule has 2 bridgehead atoms. The maximum Gasteiger partial charge on any atom is 0.494 e. The minimum Gasteiger partial charge on any atom is -0.399 e. The van der Waals surface area contributed by atoms with E-state index in [1.54, 1.807) is 11.1 Å². The van der Waals surface area contributed by atoms with Crippen LogP contribution in [0.2, 0.25) is 0 Å². The molecule has 1 heterocycles. The van der Waals surface area contributed by atoms with Crippen LogP contribution in [0.4, 0.5) is 0 Å². The first-order valence-corrected chi connectivity index (χ1v) is 12.8. The van der Waals surface area contributed by atoms with Gasteiger partial charge in [-0.2, -0.15) is 0 Å². The molecule has 1 saturated heterocycles. The first-order valence-electron chi connectivity index (χ1n) is 12.8. The van der Waals surface area contributed by atoms with E-state index in [9.17, 15) is 0 Å². The molecule has 3 heteroatoms. The molecule has 0 radical (unpaired) electrons. The standard InChI is InChI=1S/C29H37BO2/c1-6-19-15-20-13-14-29(21(16-19)17-20)25-10-8-7-9-23(25)24-18-22(11-12-26(24)29)30-31-27(2,3)28(4,5)32-30/h7-12,18-21H,6,13-17H2,1-5H3. The highest BCUT2D eigenvalue weighted by Crippen LogP contribution is 2.62. The van der Waals surface area contributed by atoms with Gasteiger partial charge in [-0.25, -0.2) is 0 Å². The Balaban J connectivity index is 1.46. The van der Waals surface area contributed by atoms with Crippen molar-refractivity contribution in [1.29, 1.82) is 0 Å². The lowest BCUT2D eigenvalue weighted by Crippen LogP contribution is -2.44. The van der Waals surface area contributed by atoms with Gasteiger partial charge in [0.2, 0.25) is 0 Å². The van der Waals surface area contributed by atoms with Crippen molar-refractivity contribution in [1.82, 2.24) is 0 Å². The molecule has 4 aliphatic rings. The van der Waals surface area contributed by atoms with E-state index < -0.39 is 0 Å². The van der Waals surface area contributed by atoms with Gasteiger partial charge >= 0.3 is 7.12 Å². The Morgan fingerprint density at radius 1 is 0.875 bits per heavy atom. The van der Waals surface area contributed by atoms with Crippen molar-refractivity contribution < 1.29 is 9.31 Å². The van der Waals surface area contributed by atoms with Crippen LogP contribution in [-0.2, 0) is 14.7 Å². The van der Waals surface area contributed by atoms with Gasteiger partial charge in [-0.15, -0.1) is 0 Å². The summed E-state index contributed by atoms with van der Waals surface area (Å²) < 4.78 is 12.8. The molecular formula is C29H37BO2. The average Bonchev–Trinajstić information content (AvgIpc) is 3.18. The lowest BCUT2D eigenvalue weighted by Gasteiger charge is -2.51. The van der Waals surface area contributed by atoms with Gasteiger partial charge in [0.1, 0.15) is 0 Å². The summed E-state index contributed by atoms with van der Waals surface area (Å²) in [6, 6.07) is 16.4. The summed E-state index contributed by atoms with van der Waals surface area (Å²) in [5.41, 5.74) is 6.74. The summed E-state index contributed by atoms with van der Waals surface area (Å²) in [6.07, 6.45) is 8.26. The minimum atomic E-state index is -0.314. The fourth-order valence-electron chi connectivity index (χ4n) is 7.43. The Morgan fingerprint density at radius 3 is 2.34 bits per heavy atom. The Bertz CT molecular complexity index is 1040. The minimum absolute atomic E-state index is 0.199. The van der Waals surface area contributed by atoms with E-state index in [0.29, 0.717) is 0 Å². The van der Waals surface area contributed by atoms with Gasteiger partial charge < -0.3 is 9.31 Å². The van der Waals surface area contributed by atoms with E-state index in [0.717, 1.165) is 23.2 Å². The summed E-state index contributed by atoms with van der Waals surface area (Å²) >= 11 is 0. The van der Waals surface area contributed by atoms with E-state index in [-0.39, 0.29) is 23.7 Å². The largest absolute Gasteiger partial charge is 0.494 e. The molecule has 2 saturated carbocycles. The zero-order valence-electron chi connectivity index (χ0n) is 20.4. The first kappa shape index (κ1) is 21.0. The van der Waals surface area contributed by atoms with Gasteiger partial charge in [0.15, 0.2) is 0 Å². The molecule has 0 N–H and O–H groups in total. The summed E-state index contributed by atoms with van der Waals surface area (Å²) in [6.45, 7) is 10.9. The number of hydrogen-bond acceptors (Lipinski definition) is 2. The third-order valence-corrected chi connectivity index (χ3v) is 9.87. The molecule has 4 atom stereocenters. The van der Waals surface area contributed by atoms with Crippen LogP contribution in [0.1, 0.15) is 84.3 Å². The number of hydrogen-bond donors (Lipinski definition) is 0. The van der Waals surface area contributed by atoms with Crippen molar-refractivity contribution in [2.75, 3.05) is 0 Å². The van der Waals surface area contributed by atoms with E-state index in [1.807, 2.05) is 0 Å². The maximum atomic E-state index is 6.41. The summed E-state index contributed by atoms with van der Waals surface area (Å²) in [5, 5.41) is 0. The van der Waals surface area contributed by atoms with Gasteiger partial charge in [0.25, 0.3) is 0 Å². The maximum absolute atomic E-state index is 6.41. The SMILES string of the molecule is CCC1CC2CCC3(c4ccccc4-c4cc(B5OC(C)(C)C(C)(C)O5)ccc43)C(C1)C2. The second kappa shape index (κ2) is 6.96. The molecule has 3 fully saturated rings. The lowest BCUT2D eigenvalue weighted by atomic mass is 9.53. The highest BCUT2D eigenvalue weighted by Gasteiger charge is 2.55. The monoisotopic (exact) mass is 428 g/mol. The lowest BCUT2D eigenvalue weighted by molar-refractivity contribution is 0.00578. The van der Waals surface area contributed by atoms with Crippen molar-refractivity contribution in [3.63, 3.8) is 0 Å². The molecule has 2 nitrogen and oxygen atoms in total. The zero-order valence-corrected chi connectivity index (χ0v) is 20.4. The molecule has 32 heavy (non-hydrogen) atoms. The van der Waals surface area contributed by atoms with Gasteiger partial charge in [0, 0.05) is 5.41 Å². The van der Waals surface area contributed by atoms with Crippen molar-refractivity contribution >= 4 is 12.6 Å². The van der Waals surface area contributed by atoms with Crippen molar-refractivity contribution in [3.05, 3.63) is 53.6 Å². The molecule has 3 aliphatic carbocycles. The summed E-state index contributed by atoms with van der Waals surface area (Å²) in [4.78, 5) is 0. The van der Waals surface area contributed by atoms with Crippen molar-refractivity contribution in [2.24, 2.45) is 17.8 Å². The van der Waals surface area contributed by atoms with Gasteiger partial charge in [-0.05, 0) is 105 Å². The number of fused-ring (bicyclic) bond motifs is 8. The second-order valence-electron chi connectivity index (χ2n) is 12.0. The smallest absolute Gasteiger partial charge is 0.399 e. The third kappa shape index (κ3) is 2.80. The first-order chi connectivity index (χ1) is 15.2. The highest BCUT2D eigenvalue weighted by molar-refractivity contribution is 6.62. The predicted molar refractivity (Wildman–Crippen MR) is 132 cm³/mol. The molecule has 168 valence electrons. The molecule has 6 rings (SSSR count). The van der Waals surface area contributed by atoms with E-state index in [1.165, 1.54) is 49.7 Å². The van der Waals surface area contributed by atoms with Gasteiger partial charge in [-0.1, -0.05) is 55.8 Å². The van der Waals surface area contributed by atoms with Crippen LogP contribution >= 0.6 is 0 Å². The fraction of sp³-hybridized carbons (Fsp3) is 0.586. The Hall–Kier alpha value is -1.58. The second-order valence-corrected chi connectivity index (χ2v) is 12.0. The zero-order chi connectivity index (χ0) is 22.3. The number of benzene rings is 2. The van der Waals surface area contributed by atoms with E-state index >= 15 is 0 Å². The van der Waals surface area contributed by atoms with Crippen LogP contribution in [0, 0.1) is 17.8 Å². The average molecular weight is 428 g/mol. The normalized spacial score (nSPS) is 33.9. The van der Waals surface area contributed by atoms with Crippen molar-refractivity contribution in [3.8, 4) is 11.1 Å². The molecule has 2 aromatic carbocycles. The predicted octanol–water partition coefficient (Wildman–Crippen LogP) is 6.49. The van der Waals surface area contributed by atoms with E-state index in [4.69, 9.17) is 9.31 Å². The molecular weight excluding hydrogens is 391 g/mol.